The number of hydrogen-bond donors (Lipinski definition) is 1. The Morgan fingerprint density at radius 3 is 2.34 bits per heavy atom. The lowest BCUT2D eigenvalue weighted by Gasteiger charge is -2.16. The van der Waals surface area contributed by atoms with Gasteiger partial charge in [0.05, 0.1) is 6.67 Å². The molecule has 35 heavy (non-hydrogen) atoms. The summed E-state index contributed by atoms with van der Waals surface area (Å²) in [5, 5.41) is 3.04. The SMILES string of the molecule is CN1C=C(CCNC(=O)c2ccc(CCCc3ccccc3OCc3ccccc3)cc2)N(C)C1. The minimum atomic E-state index is -0.0179. The van der Waals surface area contributed by atoms with Gasteiger partial charge in [0, 0.05) is 44.5 Å². The molecule has 0 spiro atoms. The molecule has 0 aromatic heterocycles. The summed E-state index contributed by atoms with van der Waals surface area (Å²) in [6, 6.07) is 26.5. The Morgan fingerprint density at radius 2 is 1.60 bits per heavy atom. The number of benzene rings is 3. The third-order valence-corrected chi connectivity index (χ3v) is 6.30. The lowest BCUT2D eigenvalue weighted by molar-refractivity contribution is 0.0953. The quantitative estimate of drug-likeness (QED) is 0.417. The van der Waals surface area contributed by atoms with Gasteiger partial charge in [-0.15, -0.1) is 0 Å². The third kappa shape index (κ3) is 7.12. The van der Waals surface area contributed by atoms with Gasteiger partial charge in [-0.1, -0.05) is 60.7 Å². The highest BCUT2D eigenvalue weighted by molar-refractivity contribution is 5.94. The van der Waals surface area contributed by atoms with Crippen LogP contribution in [0.5, 0.6) is 5.75 Å². The molecular formula is C30H35N3O2. The average Bonchev–Trinajstić information content (AvgIpc) is 3.21. The van der Waals surface area contributed by atoms with Crippen molar-refractivity contribution in [1.29, 1.82) is 0 Å². The van der Waals surface area contributed by atoms with E-state index in [4.69, 9.17) is 4.74 Å². The molecule has 0 aliphatic carbocycles. The number of nitrogens with zero attached hydrogens (tertiary/aromatic N) is 2. The maximum absolute atomic E-state index is 12.5. The van der Waals surface area contributed by atoms with E-state index in [-0.39, 0.29) is 5.91 Å². The van der Waals surface area contributed by atoms with Crippen LogP contribution in [0.3, 0.4) is 0 Å². The van der Waals surface area contributed by atoms with Gasteiger partial charge in [-0.25, -0.2) is 0 Å². The van der Waals surface area contributed by atoms with Crippen LogP contribution in [0.15, 0.2) is 90.8 Å². The molecule has 4 rings (SSSR count). The highest BCUT2D eigenvalue weighted by atomic mass is 16.5. The zero-order valence-corrected chi connectivity index (χ0v) is 20.7. The lowest BCUT2D eigenvalue weighted by Crippen LogP contribution is -2.26. The molecule has 0 radical (unpaired) electrons. The number of carbonyl (C=O) groups excluding carboxylic acids is 1. The lowest BCUT2D eigenvalue weighted by atomic mass is 10.0. The second-order valence-corrected chi connectivity index (χ2v) is 9.16. The van der Waals surface area contributed by atoms with Gasteiger partial charge in [-0.2, -0.15) is 0 Å². The fourth-order valence-electron chi connectivity index (χ4n) is 4.37. The molecule has 1 N–H and O–H groups in total. The molecule has 0 atom stereocenters. The van der Waals surface area contributed by atoms with Gasteiger partial charge in [0.2, 0.25) is 0 Å². The molecule has 0 fully saturated rings. The van der Waals surface area contributed by atoms with Gasteiger partial charge in [-0.05, 0) is 54.2 Å². The molecule has 1 aliphatic rings. The first-order valence-corrected chi connectivity index (χ1v) is 12.3. The van der Waals surface area contributed by atoms with Crippen molar-refractivity contribution in [2.24, 2.45) is 0 Å². The molecule has 5 heteroatoms. The van der Waals surface area contributed by atoms with Crippen molar-refractivity contribution in [3.8, 4) is 5.75 Å². The van der Waals surface area contributed by atoms with E-state index in [9.17, 15) is 4.79 Å². The molecule has 0 bridgehead atoms. The van der Waals surface area contributed by atoms with Crippen molar-refractivity contribution in [1.82, 2.24) is 15.1 Å². The van der Waals surface area contributed by atoms with Crippen molar-refractivity contribution in [3.63, 3.8) is 0 Å². The molecule has 0 saturated heterocycles. The molecule has 182 valence electrons. The van der Waals surface area contributed by atoms with Crippen LogP contribution in [0.4, 0.5) is 0 Å². The standard InChI is InChI=1S/C30H35N3O2/c1-32-21-28(33(2)23-32)19-20-31-30(34)27-17-15-24(16-18-27)11-8-13-26-12-6-7-14-29(26)35-22-25-9-4-3-5-10-25/h3-7,9-10,12,14-18,21H,8,11,13,19-20,22-23H2,1-2H3,(H,31,34). The summed E-state index contributed by atoms with van der Waals surface area (Å²) in [6.07, 6.45) is 5.90. The van der Waals surface area contributed by atoms with Crippen LogP contribution < -0.4 is 10.1 Å². The summed E-state index contributed by atoms with van der Waals surface area (Å²) in [5.74, 6) is 0.935. The van der Waals surface area contributed by atoms with Gasteiger partial charge in [0.15, 0.2) is 0 Å². The van der Waals surface area contributed by atoms with E-state index in [0.29, 0.717) is 18.7 Å². The normalized spacial score (nSPS) is 13.0. The summed E-state index contributed by atoms with van der Waals surface area (Å²) >= 11 is 0. The van der Waals surface area contributed by atoms with E-state index in [1.54, 1.807) is 0 Å². The molecule has 1 aliphatic heterocycles. The molecule has 0 saturated carbocycles. The minimum absolute atomic E-state index is 0.0179. The van der Waals surface area contributed by atoms with E-state index in [1.807, 2.05) is 42.5 Å². The Hall–Kier alpha value is -3.73. The molecule has 1 heterocycles. The third-order valence-electron chi connectivity index (χ3n) is 6.30. The zero-order valence-electron chi connectivity index (χ0n) is 20.7. The topological polar surface area (TPSA) is 44.8 Å². The smallest absolute Gasteiger partial charge is 0.251 e. The van der Waals surface area contributed by atoms with Gasteiger partial charge < -0.3 is 19.9 Å². The van der Waals surface area contributed by atoms with Crippen molar-refractivity contribution in [2.75, 3.05) is 27.3 Å². The minimum Gasteiger partial charge on any atom is -0.489 e. The summed E-state index contributed by atoms with van der Waals surface area (Å²) in [6.45, 7) is 2.11. The van der Waals surface area contributed by atoms with Crippen LogP contribution in [0.1, 0.15) is 39.9 Å². The van der Waals surface area contributed by atoms with Crippen molar-refractivity contribution in [2.45, 2.75) is 32.3 Å². The van der Waals surface area contributed by atoms with E-state index in [2.05, 4.69) is 71.8 Å². The van der Waals surface area contributed by atoms with Crippen molar-refractivity contribution >= 4 is 5.91 Å². The number of hydrogen-bond acceptors (Lipinski definition) is 4. The first-order chi connectivity index (χ1) is 17.1. The Balaban J connectivity index is 1.22. The average molecular weight is 470 g/mol. The van der Waals surface area contributed by atoms with Crippen LogP contribution in [0.2, 0.25) is 0 Å². The predicted molar refractivity (Wildman–Crippen MR) is 141 cm³/mol. The summed E-state index contributed by atoms with van der Waals surface area (Å²) in [4.78, 5) is 16.9. The number of rotatable bonds is 11. The van der Waals surface area contributed by atoms with E-state index < -0.39 is 0 Å². The predicted octanol–water partition coefficient (Wildman–Crippen LogP) is 5.24. The highest BCUT2D eigenvalue weighted by Gasteiger charge is 2.14. The van der Waals surface area contributed by atoms with Crippen LogP contribution in [-0.4, -0.2) is 43.0 Å². The fourth-order valence-corrected chi connectivity index (χ4v) is 4.37. The number of amides is 1. The van der Waals surface area contributed by atoms with Crippen LogP contribution >= 0.6 is 0 Å². The second kappa shape index (κ2) is 12.1. The fraction of sp³-hybridized carbons (Fsp3) is 0.300. The molecule has 3 aromatic carbocycles. The first kappa shape index (κ1) is 24.4. The largest absolute Gasteiger partial charge is 0.489 e. The highest BCUT2D eigenvalue weighted by Crippen LogP contribution is 2.22. The molecule has 0 unspecified atom stereocenters. The van der Waals surface area contributed by atoms with Gasteiger partial charge in [-0.3, -0.25) is 4.79 Å². The number of carbonyl (C=O) groups is 1. The number of ether oxygens (including phenoxy) is 1. The van der Waals surface area contributed by atoms with E-state index in [0.717, 1.165) is 38.1 Å². The zero-order chi connectivity index (χ0) is 24.5. The monoisotopic (exact) mass is 469 g/mol. The summed E-state index contributed by atoms with van der Waals surface area (Å²) < 4.78 is 6.09. The molecule has 1 amide bonds. The molecule has 5 nitrogen and oxygen atoms in total. The van der Waals surface area contributed by atoms with Gasteiger partial charge >= 0.3 is 0 Å². The number of para-hydroxylation sites is 1. The maximum atomic E-state index is 12.5. The number of nitrogens with one attached hydrogen (secondary N) is 1. The van der Waals surface area contributed by atoms with Crippen LogP contribution in [0, 0.1) is 0 Å². The van der Waals surface area contributed by atoms with E-state index >= 15 is 0 Å². The van der Waals surface area contributed by atoms with Crippen molar-refractivity contribution < 1.29 is 9.53 Å². The van der Waals surface area contributed by atoms with Gasteiger partial charge in [0.25, 0.3) is 5.91 Å². The van der Waals surface area contributed by atoms with Crippen molar-refractivity contribution in [3.05, 3.63) is 113 Å². The Kier molecular flexibility index (Phi) is 8.44. The number of aryl methyl sites for hydroxylation is 2. The maximum Gasteiger partial charge on any atom is 0.251 e. The first-order valence-electron chi connectivity index (χ1n) is 12.3. The van der Waals surface area contributed by atoms with E-state index in [1.165, 1.54) is 22.4 Å². The van der Waals surface area contributed by atoms with Crippen LogP contribution in [-0.2, 0) is 19.4 Å². The summed E-state index contributed by atoms with van der Waals surface area (Å²) in [5.41, 5.74) is 5.59. The second-order valence-electron chi connectivity index (χ2n) is 9.16. The molecule has 3 aromatic rings. The van der Waals surface area contributed by atoms with Gasteiger partial charge in [0.1, 0.15) is 12.4 Å². The Labute approximate surface area is 209 Å². The Bertz CT molecular complexity index is 1130. The Morgan fingerprint density at radius 1 is 0.857 bits per heavy atom. The molecular weight excluding hydrogens is 434 g/mol. The van der Waals surface area contributed by atoms with Crippen LogP contribution in [0.25, 0.3) is 0 Å². The summed E-state index contributed by atoms with van der Waals surface area (Å²) in [7, 11) is 4.13.